The van der Waals surface area contributed by atoms with Crippen LogP contribution in [0.3, 0.4) is 0 Å². The summed E-state index contributed by atoms with van der Waals surface area (Å²) in [6, 6.07) is 0.120. The monoisotopic (exact) mass is 253 g/mol. The molecule has 1 fully saturated rings. The van der Waals surface area contributed by atoms with Gasteiger partial charge in [0.1, 0.15) is 0 Å². The summed E-state index contributed by atoms with van der Waals surface area (Å²) < 4.78 is 1.92. The summed E-state index contributed by atoms with van der Waals surface area (Å²) in [5.41, 5.74) is 8.68. The fourth-order valence-corrected chi connectivity index (χ4v) is 3.94. The summed E-state index contributed by atoms with van der Waals surface area (Å²) in [5, 5.41) is 5.10. The first-order valence-electron chi connectivity index (χ1n) is 6.54. The van der Waals surface area contributed by atoms with E-state index in [1.807, 2.05) is 17.9 Å². The first kappa shape index (κ1) is 13.0. The first-order chi connectivity index (χ1) is 8.18. The molecule has 1 heterocycles. The number of hydrogen-bond donors (Lipinski definition) is 1. The highest BCUT2D eigenvalue weighted by Crippen LogP contribution is 2.30. The van der Waals surface area contributed by atoms with E-state index in [2.05, 4.69) is 23.8 Å². The Bertz CT molecular complexity index is 336. The maximum absolute atomic E-state index is 6.28. The van der Waals surface area contributed by atoms with E-state index in [1.54, 1.807) is 0 Å². The lowest BCUT2D eigenvalue weighted by atomic mass is 10.0. The van der Waals surface area contributed by atoms with Gasteiger partial charge in [0.25, 0.3) is 0 Å². The summed E-state index contributed by atoms with van der Waals surface area (Å²) >= 11 is 2.05. The van der Waals surface area contributed by atoms with Crippen molar-refractivity contribution in [2.24, 2.45) is 12.8 Å². The van der Waals surface area contributed by atoms with Gasteiger partial charge in [-0.15, -0.1) is 0 Å². The van der Waals surface area contributed by atoms with Crippen molar-refractivity contribution < 1.29 is 0 Å². The van der Waals surface area contributed by atoms with Gasteiger partial charge in [0.05, 0.1) is 17.9 Å². The van der Waals surface area contributed by atoms with Crippen LogP contribution >= 0.6 is 11.8 Å². The smallest absolute Gasteiger partial charge is 0.0585 e. The van der Waals surface area contributed by atoms with E-state index in [0.717, 1.165) is 11.0 Å². The number of aryl methyl sites for hydroxylation is 2. The second kappa shape index (κ2) is 5.91. The lowest BCUT2D eigenvalue weighted by Gasteiger charge is -2.23. The van der Waals surface area contributed by atoms with Gasteiger partial charge >= 0.3 is 0 Å². The summed E-state index contributed by atoms with van der Waals surface area (Å²) in [7, 11) is 1.98. The molecule has 2 rings (SSSR count). The average Bonchev–Trinajstić information content (AvgIpc) is 2.67. The SMILES string of the molecule is Cc1cnn(C)c1C(N)CSC1CCCCC1. The zero-order chi connectivity index (χ0) is 12.3. The summed E-state index contributed by atoms with van der Waals surface area (Å²) in [6.07, 6.45) is 8.88. The van der Waals surface area contributed by atoms with Crippen LogP contribution < -0.4 is 5.73 Å². The summed E-state index contributed by atoms with van der Waals surface area (Å²) in [4.78, 5) is 0. The number of aromatic nitrogens is 2. The van der Waals surface area contributed by atoms with Crippen molar-refractivity contribution in [2.75, 3.05) is 5.75 Å². The molecule has 0 aromatic carbocycles. The minimum absolute atomic E-state index is 0.120. The van der Waals surface area contributed by atoms with Gasteiger partial charge in [-0.1, -0.05) is 19.3 Å². The Hall–Kier alpha value is -0.480. The van der Waals surface area contributed by atoms with Crippen LogP contribution in [0, 0.1) is 6.92 Å². The highest BCUT2D eigenvalue weighted by atomic mass is 32.2. The minimum Gasteiger partial charge on any atom is -0.322 e. The number of nitrogens with two attached hydrogens (primary N) is 1. The van der Waals surface area contributed by atoms with Gasteiger partial charge in [-0.05, 0) is 25.3 Å². The predicted molar refractivity (Wildman–Crippen MR) is 74.2 cm³/mol. The summed E-state index contributed by atoms with van der Waals surface area (Å²) in [6.45, 7) is 2.09. The normalized spacial score (nSPS) is 19.5. The number of rotatable bonds is 4. The van der Waals surface area contributed by atoms with Crippen LogP contribution in [-0.2, 0) is 7.05 Å². The molecule has 1 unspecified atom stereocenters. The molecule has 0 aliphatic heterocycles. The Balaban J connectivity index is 1.86. The molecule has 4 heteroatoms. The number of thioether (sulfide) groups is 1. The van der Waals surface area contributed by atoms with Gasteiger partial charge in [0, 0.05) is 18.1 Å². The van der Waals surface area contributed by atoms with Crippen molar-refractivity contribution in [1.29, 1.82) is 0 Å². The molecule has 96 valence electrons. The molecular weight excluding hydrogens is 230 g/mol. The van der Waals surface area contributed by atoms with E-state index in [4.69, 9.17) is 5.73 Å². The van der Waals surface area contributed by atoms with Crippen LogP contribution in [0.4, 0.5) is 0 Å². The average molecular weight is 253 g/mol. The van der Waals surface area contributed by atoms with E-state index < -0.39 is 0 Å². The Morgan fingerprint density at radius 3 is 2.76 bits per heavy atom. The molecule has 0 radical (unpaired) electrons. The van der Waals surface area contributed by atoms with Gasteiger partial charge in [0.15, 0.2) is 0 Å². The molecule has 2 N–H and O–H groups in total. The molecule has 0 bridgehead atoms. The van der Waals surface area contributed by atoms with Crippen LogP contribution in [0.15, 0.2) is 6.20 Å². The van der Waals surface area contributed by atoms with Gasteiger partial charge < -0.3 is 5.73 Å². The van der Waals surface area contributed by atoms with Crippen LogP contribution in [0.2, 0.25) is 0 Å². The van der Waals surface area contributed by atoms with E-state index in [0.29, 0.717) is 0 Å². The van der Waals surface area contributed by atoms with Crippen LogP contribution in [0.1, 0.15) is 49.4 Å². The fourth-order valence-electron chi connectivity index (χ4n) is 2.64. The molecule has 0 amide bonds. The van der Waals surface area contributed by atoms with Crippen LogP contribution in [0.25, 0.3) is 0 Å². The fraction of sp³-hybridized carbons (Fsp3) is 0.769. The van der Waals surface area contributed by atoms with Gasteiger partial charge in [0.2, 0.25) is 0 Å². The number of hydrogen-bond acceptors (Lipinski definition) is 3. The molecular formula is C13H23N3S. The third-order valence-electron chi connectivity index (χ3n) is 3.59. The van der Waals surface area contributed by atoms with Crippen LogP contribution in [-0.4, -0.2) is 20.8 Å². The molecule has 0 saturated heterocycles. The van der Waals surface area contributed by atoms with E-state index in [9.17, 15) is 0 Å². The predicted octanol–water partition coefficient (Wildman–Crippen LogP) is 2.79. The lowest BCUT2D eigenvalue weighted by molar-refractivity contribution is 0.515. The molecule has 1 aromatic rings. The maximum atomic E-state index is 6.28. The lowest BCUT2D eigenvalue weighted by Crippen LogP contribution is -2.20. The Morgan fingerprint density at radius 2 is 2.18 bits per heavy atom. The zero-order valence-electron chi connectivity index (χ0n) is 10.9. The van der Waals surface area contributed by atoms with Crippen molar-refractivity contribution in [3.63, 3.8) is 0 Å². The van der Waals surface area contributed by atoms with Gasteiger partial charge in [-0.25, -0.2) is 0 Å². The zero-order valence-corrected chi connectivity index (χ0v) is 11.7. The van der Waals surface area contributed by atoms with Crippen molar-refractivity contribution in [3.8, 4) is 0 Å². The van der Waals surface area contributed by atoms with Crippen molar-refractivity contribution in [1.82, 2.24) is 9.78 Å². The van der Waals surface area contributed by atoms with Gasteiger partial charge in [-0.3, -0.25) is 4.68 Å². The largest absolute Gasteiger partial charge is 0.322 e. The van der Waals surface area contributed by atoms with Crippen molar-refractivity contribution in [2.45, 2.75) is 50.3 Å². The van der Waals surface area contributed by atoms with E-state index in [-0.39, 0.29) is 6.04 Å². The molecule has 17 heavy (non-hydrogen) atoms. The minimum atomic E-state index is 0.120. The highest BCUT2D eigenvalue weighted by Gasteiger charge is 2.18. The number of nitrogens with zero attached hydrogens (tertiary/aromatic N) is 2. The molecule has 1 saturated carbocycles. The molecule has 1 aliphatic rings. The van der Waals surface area contributed by atoms with Gasteiger partial charge in [-0.2, -0.15) is 16.9 Å². The molecule has 1 aromatic heterocycles. The van der Waals surface area contributed by atoms with Crippen molar-refractivity contribution >= 4 is 11.8 Å². The Kier molecular flexibility index (Phi) is 4.51. The third kappa shape index (κ3) is 3.26. The molecule has 1 atom stereocenters. The molecule has 0 spiro atoms. The quantitative estimate of drug-likeness (QED) is 0.897. The maximum Gasteiger partial charge on any atom is 0.0585 e. The van der Waals surface area contributed by atoms with E-state index in [1.165, 1.54) is 43.4 Å². The second-order valence-electron chi connectivity index (χ2n) is 5.04. The van der Waals surface area contributed by atoms with Crippen molar-refractivity contribution in [3.05, 3.63) is 17.5 Å². The highest BCUT2D eigenvalue weighted by molar-refractivity contribution is 7.99. The topological polar surface area (TPSA) is 43.8 Å². The Morgan fingerprint density at radius 1 is 1.47 bits per heavy atom. The van der Waals surface area contributed by atoms with Crippen LogP contribution in [0.5, 0.6) is 0 Å². The Labute approximate surface area is 108 Å². The first-order valence-corrected chi connectivity index (χ1v) is 7.59. The van der Waals surface area contributed by atoms with E-state index >= 15 is 0 Å². The second-order valence-corrected chi connectivity index (χ2v) is 6.37. The molecule has 3 nitrogen and oxygen atoms in total. The molecule has 1 aliphatic carbocycles. The standard InChI is InChI=1S/C13H23N3S/c1-10-8-15-16(2)13(10)12(14)9-17-11-6-4-3-5-7-11/h8,11-12H,3-7,9,14H2,1-2H3. The third-order valence-corrected chi connectivity index (χ3v) is 5.09. The summed E-state index contributed by atoms with van der Waals surface area (Å²) in [5.74, 6) is 1.02.